The average Bonchev–Trinajstić information content (AvgIpc) is 3.40. The summed E-state index contributed by atoms with van der Waals surface area (Å²) in [5, 5.41) is 18.0. The number of hydrogen-bond acceptors (Lipinski definition) is 6. The predicted molar refractivity (Wildman–Crippen MR) is 120 cm³/mol. The highest BCUT2D eigenvalue weighted by Gasteiger charge is 2.76. The van der Waals surface area contributed by atoms with Crippen molar-refractivity contribution in [3.8, 4) is 6.07 Å². The van der Waals surface area contributed by atoms with Gasteiger partial charge < -0.3 is 15.7 Å². The number of carbonyl (C=O) groups is 3. The lowest BCUT2D eigenvalue weighted by Crippen LogP contribution is -2.61. The topological polar surface area (TPSA) is 159 Å². The predicted octanol–water partition coefficient (Wildman–Crippen LogP) is 2.58. The number of aliphatic carboxylic acids is 1. The number of alkyl halides is 5. The second-order valence-electron chi connectivity index (χ2n) is 9.90. The average molecular weight is 628 g/mol. The third kappa shape index (κ3) is 4.14. The summed E-state index contributed by atoms with van der Waals surface area (Å²) >= 11 is 2.85. The fourth-order valence-electron chi connectivity index (χ4n) is 5.78. The van der Waals surface area contributed by atoms with E-state index in [4.69, 9.17) is 5.73 Å². The number of nitrogens with two attached hydrogens (primary N) is 1. The minimum absolute atomic E-state index is 0.0833. The van der Waals surface area contributed by atoms with Crippen LogP contribution >= 0.6 is 15.9 Å². The van der Waals surface area contributed by atoms with E-state index in [1.54, 1.807) is 6.07 Å². The van der Waals surface area contributed by atoms with Crippen molar-refractivity contribution in [2.45, 2.75) is 41.5 Å². The van der Waals surface area contributed by atoms with Gasteiger partial charge in [-0.15, -0.1) is 0 Å². The van der Waals surface area contributed by atoms with Gasteiger partial charge in [0.05, 0.1) is 46.2 Å². The molecule has 4 rings (SSSR count). The molecular weight excluding hydrogens is 609 g/mol. The number of amides is 2. The molecule has 2 unspecified atom stereocenters. The quantitative estimate of drug-likeness (QED) is 0.459. The lowest BCUT2D eigenvalue weighted by molar-refractivity contribution is -0.177. The normalized spacial score (nSPS) is 32.2. The maximum absolute atomic E-state index is 13.7. The molecule has 2 amide bonds. The second kappa shape index (κ2) is 8.60. The number of hydrogen-bond donors (Lipinski definition) is 2. The molecule has 3 fully saturated rings. The maximum Gasteiger partial charge on any atom is 0.417 e. The molecule has 0 spiro atoms. The number of likely N-dealkylation sites (tertiary alicyclic amines) is 1. The van der Waals surface area contributed by atoms with Gasteiger partial charge in [-0.3, -0.25) is 14.4 Å². The summed E-state index contributed by atoms with van der Waals surface area (Å²) in [6, 6.07) is 3.89. The lowest BCUT2D eigenvalue weighted by atomic mass is 9.70. The highest BCUT2D eigenvalue weighted by molar-refractivity contribution is 9.10. The molecule has 38 heavy (non-hydrogen) atoms. The van der Waals surface area contributed by atoms with Crippen LogP contribution in [0.4, 0.5) is 22.0 Å². The van der Waals surface area contributed by atoms with Gasteiger partial charge in [0.2, 0.25) is 11.8 Å². The van der Waals surface area contributed by atoms with Crippen LogP contribution in [0.1, 0.15) is 24.8 Å². The third-order valence-electron chi connectivity index (χ3n) is 7.75. The van der Waals surface area contributed by atoms with Crippen molar-refractivity contribution in [3.05, 3.63) is 28.2 Å². The molecule has 0 bridgehead atoms. The largest absolute Gasteiger partial charge is 0.481 e. The van der Waals surface area contributed by atoms with Gasteiger partial charge in [0.1, 0.15) is 5.41 Å². The van der Waals surface area contributed by atoms with Gasteiger partial charge in [-0.2, -0.15) is 18.4 Å². The number of carboxylic acids is 1. The van der Waals surface area contributed by atoms with E-state index < -0.39 is 110 Å². The van der Waals surface area contributed by atoms with Crippen molar-refractivity contribution in [1.29, 1.82) is 5.26 Å². The molecule has 16 heteroatoms. The van der Waals surface area contributed by atoms with Gasteiger partial charge in [-0.1, -0.05) is 15.9 Å². The summed E-state index contributed by atoms with van der Waals surface area (Å²) in [5.74, 6) is -10.7. The number of nitriles is 1. The van der Waals surface area contributed by atoms with E-state index in [1.807, 2.05) is 0 Å². The molecule has 0 radical (unpaired) electrons. The molecule has 206 valence electrons. The number of sulfone groups is 1. The Morgan fingerprint density at radius 2 is 1.79 bits per heavy atom. The van der Waals surface area contributed by atoms with Gasteiger partial charge in [-0.25, -0.2) is 17.2 Å². The zero-order valence-electron chi connectivity index (χ0n) is 19.1. The Balaban J connectivity index is 1.83. The van der Waals surface area contributed by atoms with Gasteiger partial charge in [0.25, 0.3) is 5.92 Å². The van der Waals surface area contributed by atoms with E-state index in [2.05, 4.69) is 15.9 Å². The molecule has 0 aromatic heterocycles. The molecule has 1 saturated heterocycles. The molecule has 1 aromatic rings. The first-order valence-electron chi connectivity index (χ1n) is 11.1. The molecule has 2 aliphatic carbocycles. The summed E-state index contributed by atoms with van der Waals surface area (Å²) < 4.78 is 95.2. The van der Waals surface area contributed by atoms with E-state index >= 15 is 0 Å². The molecule has 5 atom stereocenters. The third-order valence-corrected chi connectivity index (χ3v) is 10.5. The van der Waals surface area contributed by atoms with E-state index in [0.717, 1.165) is 6.07 Å². The SMILES string of the molecule is N#CC1(C(N)=O)CC1[C@]1(C(=O)O)C[C@H](S(=O)(=O)c2ccc(Br)cc2C(F)(F)F)C[C@H]1C(=O)N1CC(F)(F)C1. The van der Waals surface area contributed by atoms with Crippen molar-refractivity contribution < 1.29 is 49.9 Å². The highest BCUT2D eigenvalue weighted by Crippen LogP contribution is 2.68. The number of benzene rings is 1. The lowest BCUT2D eigenvalue weighted by Gasteiger charge is -2.42. The fraction of sp³-hybridized carbons (Fsp3) is 0.545. The molecule has 9 nitrogen and oxygen atoms in total. The van der Waals surface area contributed by atoms with Crippen LogP contribution in [0.15, 0.2) is 27.6 Å². The summed E-state index contributed by atoms with van der Waals surface area (Å²) in [4.78, 5) is 37.5. The Labute approximate surface area is 220 Å². The van der Waals surface area contributed by atoms with Crippen LogP contribution in [-0.2, 0) is 30.4 Å². The van der Waals surface area contributed by atoms with Crippen molar-refractivity contribution in [2.75, 3.05) is 13.1 Å². The number of carbonyl (C=O) groups excluding carboxylic acids is 2. The van der Waals surface area contributed by atoms with Crippen molar-refractivity contribution in [2.24, 2.45) is 28.4 Å². The van der Waals surface area contributed by atoms with Crippen molar-refractivity contribution >= 4 is 43.6 Å². The number of rotatable bonds is 6. The molecular formula is C22H19BrF5N3O6S. The Hall–Kier alpha value is -2.80. The Kier molecular flexibility index (Phi) is 6.39. The molecule has 1 heterocycles. The van der Waals surface area contributed by atoms with Gasteiger partial charge in [0.15, 0.2) is 9.84 Å². The van der Waals surface area contributed by atoms with Crippen LogP contribution < -0.4 is 5.73 Å². The van der Waals surface area contributed by atoms with Crippen LogP contribution in [0.25, 0.3) is 0 Å². The Morgan fingerprint density at radius 3 is 2.24 bits per heavy atom. The highest BCUT2D eigenvalue weighted by atomic mass is 79.9. The molecule has 2 saturated carbocycles. The number of carboxylic acid groups (broad SMARTS) is 1. The maximum atomic E-state index is 13.7. The monoisotopic (exact) mass is 627 g/mol. The number of primary amides is 1. The van der Waals surface area contributed by atoms with Crippen molar-refractivity contribution in [3.63, 3.8) is 0 Å². The van der Waals surface area contributed by atoms with E-state index in [-0.39, 0.29) is 4.47 Å². The minimum atomic E-state index is -5.12. The van der Waals surface area contributed by atoms with Crippen LogP contribution in [-0.4, -0.2) is 60.5 Å². The first-order valence-corrected chi connectivity index (χ1v) is 13.4. The Morgan fingerprint density at radius 1 is 1.18 bits per heavy atom. The van der Waals surface area contributed by atoms with Gasteiger partial charge in [0, 0.05) is 10.4 Å². The molecule has 1 aliphatic heterocycles. The summed E-state index contributed by atoms with van der Waals surface area (Å²) in [6.45, 7) is -2.13. The number of nitrogens with zero attached hydrogens (tertiary/aromatic N) is 2. The van der Waals surface area contributed by atoms with Crippen LogP contribution in [0.5, 0.6) is 0 Å². The zero-order valence-corrected chi connectivity index (χ0v) is 21.5. The Bertz CT molecular complexity index is 1390. The van der Waals surface area contributed by atoms with Gasteiger partial charge >= 0.3 is 12.1 Å². The summed E-state index contributed by atoms with van der Waals surface area (Å²) in [5.41, 5.74) is -0.715. The first kappa shape index (κ1) is 28.2. The van der Waals surface area contributed by atoms with Crippen LogP contribution in [0, 0.1) is 34.0 Å². The smallest absolute Gasteiger partial charge is 0.417 e. The zero-order chi connectivity index (χ0) is 28.6. The van der Waals surface area contributed by atoms with Gasteiger partial charge in [-0.05, 0) is 37.5 Å². The first-order chi connectivity index (χ1) is 17.3. The minimum Gasteiger partial charge on any atom is -0.481 e. The number of halogens is 6. The fourth-order valence-corrected chi connectivity index (χ4v) is 8.18. The molecule has 3 N–H and O–H groups in total. The summed E-state index contributed by atoms with van der Waals surface area (Å²) in [7, 11) is -4.97. The van der Waals surface area contributed by atoms with E-state index in [0.29, 0.717) is 17.0 Å². The standard InChI is InChI=1S/C22H19BrF5N3O6S/c23-10-1-2-14(12(3-10)22(26,27)28)38(36,37)11-4-13(16(32)31-8-20(24,25)9-31)21(5-11,18(34)35)15-6-19(15,7-29)17(30)33/h1-3,11,13,15H,4-6,8-9H2,(H2,30,33)(H,34,35)/t11-,13+,15?,19?,21+/m1/s1. The van der Waals surface area contributed by atoms with Crippen LogP contribution in [0.3, 0.4) is 0 Å². The molecule has 3 aliphatic rings. The van der Waals surface area contributed by atoms with E-state index in [9.17, 15) is 55.1 Å². The van der Waals surface area contributed by atoms with E-state index in [1.165, 1.54) is 0 Å². The van der Waals surface area contributed by atoms with Crippen molar-refractivity contribution in [1.82, 2.24) is 4.90 Å². The summed E-state index contributed by atoms with van der Waals surface area (Å²) in [6.07, 6.45) is -7.31. The van der Waals surface area contributed by atoms with Crippen LogP contribution in [0.2, 0.25) is 0 Å². The second-order valence-corrected chi connectivity index (χ2v) is 13.0. The molecule has 1 aromatic carbocycles.